The third kappa shape index (κ3) is 4.53. The van der Waals surface area contributed by atoms with E-state index in [4.69, 9.17) is 0 Å². The van der Waals surface area contributed by atoms with Crippen molar-refractivity contribution >= 4 is 45.8 Å². The first-order valence-corrected chi connectivity index (χ1v) is 8.20. The van der Waals surface area contributed by atoms with E-state index in [-0.39, 0.29) is 5.91 Å². The zero-order valence-electron chi connectivity index (χ0n) is 11.4. The summed E-state index contributed by atoms with van der Waals surface area (Å²) in [7, 11) is 1.32. The van der Waals surface area contributed by atoms with Gasteiger partial charge in [0.2, 0.25) is 0 Å². The molecule has 0 atom stereocenters. The lowest BCUT2D eigenvalue weighted by molar-refractivity contribution is 0.0600. The van der Waals surface area contributed by atoms with Gasteiger partial charge in [-0.15, -0.1) is 11.3 Å². The third-order valence-corrected chi connectivity index (χ3v) is 4.79. The van der Waals surface area contributed by atoms with Crippen molar-refractivity contribution in [1.29, 1.82) is 0 Å². The van der Waals surface area contributed by atoms with E-state index in [9.17, 15) is 9.59 Å². The van der Waals surface area contributed by atoms with Crippen LogP contribution in [0, 0.1) is 2.88 Å². The van der Waals surface area contributed by atoms with Crippen molar-refractivity contribution < 1.29 is 14.3 Å². The van der Waals surface area contributed by atoms with Crippen LogP contribution in [0.25, 0.3) is 0 Å². The van der Waals surface area contributed by atoms with Crippen LogP contribution in [0.5, 0.6) is 0 Å². The number of halogens is 1. The van der Waals surface area contributed by atoms with Crippen molar-refractivity contribution in [2.24, 2.45) is 0 Å². The highest BCUT2D eigenvalue weighted by molar-refractivity contribution is 14.1. The van der Waals surface area contributed by atoms with Crippen LogP contribution in [0.2, 0.25) is 0 Å². The topological polar surface area (TPSA) is 55.4 Å². The molecular formula is C15H14INO3S. The van der Waals surface area contributed by atoms with Gasteiger partial charge in [0.05, 0.1) is 15.6 Å². The fraction of sp³-hybridized carbons (Fsp3) is 0.200. The number of carbonyl (C=O) groups is 2. The first-order valence-electron chi connectivity index (χ1n) is 6.31. The van der Waals surface area contributed by atoms with Gasteiger partial charge in [-0.3, -0.25) is 4.79 Å². The molecule has 0 unspecified atom stereocenters. The van der Waals surface area contributed by atoms with Crippen LogP contribution in [0.15, 0.2) is 36.4 Å². The Hall–Kier alpha value is -1.41. The number of rotatable bonds is 5. The number of esters is 1. The number of amides is 1. The van der Waals surface area contributed by atoms with Crippen molar-refractivity contribution in [2.45, 2.75) is 6.42 Å². The van der Waals surface area contributed by atoms with E-state index >= 15 is 0 Å². The number of benzene rings is 1. The summed E-state index contributed by atoms with van der Waals surface area (Å²) in [5.41, 5.74) is 0.830. The van der Waals surface area contributed by atoms with Gasteiger partial charge < -0.3 is 10.1 Å². The molecule has 6 heteroatoms. The molecule has 0 aliphatic carbocycles. The summed E-state index contributed by atoms with van der Waals surface area (Å²) in [6.07, 6.45) is 0.802. The van der Waals surface area contributed by atoms with E-state index in [1.54, 1.807) is 29.5 Å². The summed E-state index contributed by atoms with van der Waals surface area (Å²) < 4.78 is 5.88. The van der Waals surface area contributed by atoms with Gasteiger partial charge in [0.1, 0.15) is 0 Å². The van der Waals surface area contributed by atoms with Gasteiger partial charge in [-0.2, -0.15) is 0 Å². The molecule has 21 heavy (non-hydrogen) atoms. The second kappa shape index (κ2) is 7.56. The number of methoxy groups -OCH3 is 1. The van der Waals surface area contributed by atoms with E-state index in [1.165, 1.54) is 20.9 Å². The van der Waals surface area contributed by atoms with Crippen molar-refractivity contribution in [1.82, 2.24) is 5.32 Å². The Morgan fingerprint density at radius 1 is 1.24 bits per heavy atom. The van der Waals surface area contributed by atoms with Gasteiger partial charge >= 0.3 is 5.97 Å². The Balaban J connectivity index is 1.92. The second-order valence-corrected chi connectivity index (χ2v) is 7.35. The molecule has 0 fully saturated rings. The van der Waals surface area contributed by atoms with E-state index < -0.39 is 5.97 Å². The molecule has 1 heterocycles. The molecule has 1 amide bonds. The molecule has 4 nitrogen and oxygen atoms in total. The standard InChI is InChI=1S/C15H14INO3S/c1-20-15(19)11-4-2-3-10(9-11)14(18)17-8-7-12-5-6-13(16)21-12/h2-6,9H,7-8H2,1H3,(H,17,18). The summed E-state index contributed by atoms with van der Waals surface area (Å²) in [5.74, 6) is -0.634. The summed E-state index contributed by atoms with van der Waals surface area (Å²) in [5, 5.41) is 2.85. The first kappa shape index (κ1) is 16.0. The zero-order chi connectivity index (χ0) is 15.2. The lowest BCUT2D eigenvalue weighted by atomic mass is 10.1. The number of thiophene rings is 1. The molecule has 0 aliphatic rings. The average molecular weight is 415 g/mol. The molecule has 2 rings (SSSR count). The van der Waals surface area contributed by atoms with Crippen molar-refractivity contribution in [2.75, 3.05) is 13.7 Å². The van der Waals surface area contributed by atoms with Gasteiger partial charge in [-0.25, -0.2) is 4.79 Å². The molecule has 2 aromatic rings. The summed E-state index contributed by atoms with van der Waals surface area (Å²) in [4.78, 5) is 24.7. The molecule has 0 spiro atoms. The molecule has 1 aromatic heterocycles. The maximum absolute atomic E-state index is 12.0. The Kier molecular flexibility index (Phi) is 5.75. The van der Waals surface area contributed by atoms with Gasteiger partial charge in [-0.05, 0) is 59.3 Å². The second-order valence-electron chi connectivity index (χ2n) is 4.28. The predicted molar refractivity (Wildman–Crippen MR) is 90.9 cm³/mol. The van der Waals surface area contributed by atoms with E-state index in [0.717, 1.165) is 6.42 Å². The minimum atomic E-state index is -0.446. The molecule has 0 radical (unpaired) electrons. The highest BCUT2D eigenvalue weighted by Gasteiger charge is 2.10. The summed E-state index contributed by atoms with van der Waals surface area (Å²) in [6.45, 7) is 0.567. The van der Waals surface area contributed by atoms with Crippen molar-refractivity contribution in [3.05, 3.63) is 55.3 Å². The molecular weight excluding hydrogens is 401 g/mol. The predicted octanol–water partition coefficient (Wildman–Crippen LogP) is 3.11. The van der Waals surface area contributed by atoms with Crippen molar-refractivity contribution in [3.63, 3.8) is 0 Å². The van der Waals surface area contributed by atoms with Crippen LogP contribution in [0.4, 0.5) is 0 Å². The Morgan fingerprint density at radius 2 is 2.00 bits per heavy atom. The Morgan fingerprint density at radius 3 is 2.67 bits per heavy atom. The summed E-state index contributed by atoms with van der Waals surface area (Å²) >= 11 is 3.99. The number of hydrogen-bond acceptors (Lipinski definition) is 4. The highest BCUT2D eigenvalue weighted by atomic mass is 127. The van der Waals surface area contributed by atoms with E-state index in [0.29, 0.717) is 17.7 Å². The summed E-state index contributed by atoms with van der Waals surface area (Å²) in [6, 6.07) is 10.6. The maximum Gasteiger partial charge on any atom is 0.337 e. The SMILES string of the molecule is COC(=O)c1cccc(C(=O)NCCc2ccc(I)s2)c1. The average Bonchev–Trinajstić information content (AvgIpc) is 2.92. The van der Waals surface area contributed by atoms with Crippen LogP contribution in [0.3, 0.4) is 0 Å². The Bertz CT molecular complexity index is 654. The minimum Gasteiger partial charge on any atom is -0.465 e. The fourth-order valence-corrected chi connectivity index (χ4v) is 3.55. The quantitative estimate of drug-likeness (QED) is 0.603. The number of nitrogens with one attached hydrogen (secondary N) is 1. The molecule has 0 saturated carbocycles. The molecule has 0 aliphatic heterocycles. The smallest absolute Gasteiger partial charge is 0.337 e. The van der Waals surface area contributed by atoms with Crippen molar-refractivity contribution in [3.8, 4) is 0 Å². The number of carbonyl (C=O) groups excluding carboxylic acids is 2. The largest absolute Gasteiger partial charge is 0.465 e. The van der Waals surface area contributed by atoms with Gasteiger partial charge in [0.15, 0.2) is 0 Å². The van der Waals surface area contributed by atoms with Crippen LogP contribution in [0.1, 0.15) is 25.6 Å². The van der Waals surface area contributed by atoms with E-state index in [1.807, 2.05) is 0 Å². The van der Waals surface area contributed by atoms with Gasteiger partial charge in [0.25, 0.3) is 5.91 Å². The van der Waals surface area contributed by atoms with Crippen LogP contribution < -0.4 is 5.32 Å². The third-order valence-electron chi connectivity index (χ3n) is 2.83. The lowest BCUT2D eigenvalue weighted by Gasteiger charge is -2.06. The normalized spacial score (nSPS) is 10.2. The zero-order valence-corrected chi connectivity index (χ0v) is 14.4. The lowest BCUT2D eigenvalue weighted by Crippen LogP contribution is -2.25. The van der Waals surface area contributed by atoms with Gasteiger partial charge in [0, 0.05) is 17.0 Å². The van der Waals surface area contributed by atoms with Crippen LogP contribution in [-0.4, -0.2) is 25.5 Å². The van der Waals surface area contributed by atoms with Gasteiger partial charge in [-0.1, -0.05) is 6.07 Å². The Labute approximate surface area is 140 Å². The van der Waals surface area contributed by atoms with E-state index in [2.05, 4.69) is 44.8 Å². The molecule has 110 valence electrons. The molecule has 0 bridgehead atoms. The monoisotopic (exact) mass is 415 g/mol. The van der Waals surface area contributed by atoms with Crippen LogP contribution >= 0.6 is 33.9 Å². The number of ether oxygens (including phenoxy) is 1. The number of hydrogen-bond donors (Lipinski definition) is 1. The molecule has 1 aromatic carbocycles. The first-order chi connectivity index (χ1) is 10.1. The van der Waals surface area contributed by atoms with Crippen LogP contribution in [-0.2, 0) is 11.2 Å². The molecule has 0 saturated heterocycles. The molecule has 1 N–H and O–H groups in total. The fourth-order valence-electron chi connectivity index (χ4n) is 1.79. The maximum atomic E-state index is 12.0. The minimum absolute atomic E-state index is 0.188. The highest BCUT2D eigenvalue weighted by Crippen LogP contribution is 2.18.